The van der Waals surface area contributed by atoms with Crippen molar-refractivity contribution in [3.8, 4) is 0 Å². The molecule has 0 saturated heterocycles. The van der Waals surface area contributed by atoms with Crippen molar-refractivity contribution in [1.82, 2.24) is 0 Å². The second kappa shape index (κ2) is 10.3. The smallest absolute Gasteiger partial charge is 0.152 e. The molecule has 1 unspecified atom stereocenters. The van der Waals surface area contributed by atoms with E-state index in [1.807, 2.05) is 31.2 Å². The first-order chi connectivity index (χ1) is 11.6. The van der Waals surface area contributed by atoms with Gasteiger partial charge in [0.25, 0.3) is 0 Å². The van der Waals surface area contributed by atoms with Gasteiger partial charge in [0.05, 0.1) is 12.0 Å². The summed E-state index contributed by atoms with van der Waals surface area (Å²) in [5.41, 5.74) is 1.64. The molecule has 24 heavy (non-hydrogen) atoms. The second-order valence-corrected chi connectivity index (χ2v) is 5.60. The number of benzene rings is 2. The Labute approximate surface area is 144 Å². The van der Waals surface area contributed by atoms with Gasteiger partial charge in [-0.05, 0) is 24.8 Å². The summed E-state index contributed by atoms with van der Waals surface area (Å²) in [7, 11) is 0. The predicted octanol–water partition coefficient (Wildman–Crippen LogP) is 5.12. The molecule has 2 rings (SSSR count). The zero-order valence-corrected chi connectivity index (χ0v) is 14.9. The van der Waals surface area contributed by atoms with E-state index in [1.54, 1.807) is 12.4 Å². The number of carbonyl (C=O) groups excluding carboxylic acids is 2. The lowest BCUT2D eigenvalue weighted by atomic mass is 9.99. The van der Waals surface area contributed by atoms with Gasteiger partial charge in [0.15, 0.2) is 12.6 Å². The molecule has 0 spiro atoms. The highest BCUT2D eigenvalue weighted by molar-refractivity contribution is 6.11. The van der Waals surface area contributed by atoms with Crippen LogP contribution in [-0.4, -0.2) is 25.0 Å². The van der Waals surface area contributed by atoms with Crippen molar-refractivity contribution in [2.45, 2.75) is 46.6 Å². The number of aliphatic imine (C=N–C) groups is 1. The highest BCUT2D eigenvalue weighted by Gasteiger charge is 2.10. The molecule has 0 heterocycles. The number of anilines is 1. The number of nitrogens with one attached hydrogen (secondary N) is 1. The van der Waals surface area contributed by atoms with Gasteiger partial charge in [-0.25, -0.2) is 0 Å². The minimum Gasteiger partial charge on any atom is -0.346 e. The van der Waals surface area contributed by atoms with E-state index in [0.717, 1.165) is 29.8 Å². The van der Waals surface area contributed by atoms with E-state index in [-0.39, 0.29) is 6.04 Å². The maximum atomic E-state index is 11.3. The van der Waals surface area contributed by atoms with Gasteiger partial charge in [0.2, 0.25) is 0 Å². The van der Waals surface area contributed by atoms with E-state index < -0.39 is 0 Å². The van der Waals surface area contributed by atoms with Gasteiger partial charge in [-0.3, -0.25) is 14.6 Å². The van der Waals surface area contributed by atoms with Crippen LogP contribution in [0, 0.1) is 0 Å². The van der Waals surface area contributed by atoms with Crippen LogP contribution in [0.5, 0.6) is 0 Å². The van der Waals surface area contributed by atoms with Crippen LogP contribution in [-0.2, 0) is 0 Å². The highest BCUT2D eigenvalue weighted by Crippen LogP contribution is 2.29. The van der Waals surface area contributed by atoms with Crippen molar-refractivity contribution in [3.63, 3.8) is 0 Å². The molecule has 1 atom stereocenters. The first kappa shape index (κ1) is 19.6. The molecule has 0 aliphatic heterocycles. The highest BCUT2D eigenvalue weighted by atomic mass is 16.1. The lowest BCUT2D eigenvalue weighted by Crippen LogP contribution is -2.04. The topological polar surface area (TPSA) is 58.5 Å². The molecule has 0 aliphatic carbocycles. The van der Waals surface area contributed by atoms with Crippen LogP contribution >= 0.6 is 0 Å². The third-order valence-corrected chi connectivity index (χ3v) is 3.49. The first-order valence-corrected chi connectivity index (χ1v) is 8.37. The Kier molecular flexibility index (Phi) is 8.41. The van der Waals surface area contributed by atoms with Gasteiger partial charge < -0.3 is 5.32 Å². The Morgan fingerprint density at radius 3 is 2.17 bits per heavy atom. The summed E-state index contributed by atoms with van der Waals surface area (Å²) in [5, 5.41) is 4.74. The van der Waals surface area contributed by atoms with Crippen molar-refractivity contribution < 1.29 is 9.59 Å². The fraction of sp³-hybridized carbons (Fsp3) is 0.350. The van der Waals surface area contributed by atoms with E-state index >= 15 is 0 Å². The van der Waals surface area contributed by atoms with Crippen molar-refractivity contribution in [2.24, 2.45) is 4.99 Å². The molecule has 0 aromatic heterocycles. The third kappa shape index (κ3) is 5.01. The number of aldehydes is 2. The summed E-state index contributed by atoms with van der Waals surface area (Å²) in [6.07, 6.45) is 5.33. The lowest BCUT2D eigenvalue weighted by molar-refractivity contribution is 0.112. The quantitative estimate of drug-likeness (QED) is 0.455. The minimum atomic E-state index is 0.220. The molecule has 2 aromatic carbocycles. The molecule has 0 saturated carbocycles. The van der Waals surface area contributed by atoms with Crippen LogP contribution < -0.4 is 5.32 Å². The summed E-state index contributed by atoms with van der Waals surface area (Å²) in [6.45, 7) is 8.33. The number of nitrogens with zero attached hydrogens (tertiary/aromatic N) is 1. The first-order valence-electron chi connectivity index (χ1n) is 8.37. The molecule has 0 fully saturated rings. The fourth-order valence-electron chi connectivity index (χ4n) is 2.11. The second-order valence-electron chi connectivity index (χ2n) is 5.60. The standard InChI is InChI=1S/C17H18N2O2.C3H8/c1-3-12(2)18-11-19-17-14(10-21)8-13(9-20)15-6-4-5-7-16(15)17;1-3-2/h4-12H,3H2,1-2H3,(H,18,19);3H2,1-2H3. The Morgan fingerprint density at radius 1 is 1.04 bits per heavy atom. The van der Waals surface area contributed by atoms with E-state index in [4.69, 9.17) is 0 Å². The summed E-state index contributed by atoms with van der Waals surface area (Å²) in [6, 6.07) is 9.31. The van der Waals surface area contributed by atoms with Gasteiger partial charge in [-0.15, -0.1) is 0 Å². The zero-order chi connectivity index (χ0) is 17.9. The van der Waals surface area contributed by atoms with Gasteiger partial charge in [0.1, 0.15) is 0 Å². The van der Waals surface area contributed by atoms with E-state index in [9.17, 15) is 9.59 Å². The Bertz CT molecular complexity index is 708. The number of fused-ring (bicyclic) bond motifs is 1. The third-order valence-electron chi connectivity index (χ3n) is 3.49. The van der Waals surface area contributed by atoms with Crippen LogP contribution in [0.25, 0.3) is 10.8 Å². The zero-order valence-electron chi connectivity index (χ0n) is 14.9. The van der Waals surface area contributed by atoms with Crippen molar-refractivity contribution >= 4 is 35.4 Å². The van der Waals surface area contributed by atoms with Crippen LogP contribution in [0.1, 0.15) is 61.3 Å². The van der Waals surface area contributed by atoms with E-state index in [1.165, 1.54) is 6.42 Å². The Hall–Kier alpha value is -2.49. The van der Waals surface area contributed by atoms with E-state index in [2.05, 4.69) is 31.1 Å². The summed E-state index contributed by atoms with van der Waals surface area (Å²) in [4.78, 5) is 26.8. The number of hydrogen-bond donors (Lipinski definition) is 1. The molecule has 1 N–H and O–H groups in total. The van der Waals surface area contributed by atoms with Gasteiger partial charge in [0, 0.05) is 22.6 Å². The Morgan fingerprint density at radius 2 is 1.62 bits per heavy atom. The molecule has 0 bridgehead atoms. The molecule has 4 nitrogen and oxygen atoms in total. The molecule has 0 radical (unpaired) electrons. The normalized spacial score (nSPS) is 11.7. The molecule has 2 aromatic rings. The van der Waals surface area contributed by atoms with Crippen LogP contribution in [0.15, 0.2) is 35.3 Å². The maximum absolute atomic E-state index is 11.3. The fourth-order valence-corrected chi connectivity index (χ4v) is 2.11. The molecular weight excluding hydrogens is 300 g/mol. The predicted molar refractivity (Wildman–Crippen MR) is 103 cm³/mol. The maximum Gasteiger partial charge on any atom is 0.152 e. The van der Waals surface area contributed by atoms with Crippen LogP contribution in [0.3, 0.4) is 0 Å². The summed E-state index contributed by atoms with van der Waals surface area (Å²) in [5.74, 6) is 0. The minimum absolute atomic E-state index is 0.220. The number of hydrogen-bond acceptors (Lipinski definition) is 3. The van der Waals surface area contributed by atoms with Crippen LogP contribution in [0.2, 0.25) is 0 Å². The van der Waals surface area contributed by atoms with Crippen molar-refractivity contribution in [1.29, 1.82) is 0 Å². The monoisotopic (exact) mass is 326 g/mol. The molecule has 128 valence electrons. The van der Waals surface area contributed by atoms with E-state index in [0.29, 0.717) is 16.8 Å². The Balaban J connectivity index is 0.000000891. The molecular formula is C20H26N2O2. The van der Waals surface area contributed by atoms with Gasteiger partial charge in [-0.1, -0.05) is 51.5 Å². The SMILES string of the molecule is CCC.CCC(C)N=CNc1c(C=O)cc(C=O)c2ccccc12. The van der Waals surface area contributed by atoms with Crippen molar-refractivity contribution in [3.05, 3.63) is 41.5 Å². The number of carbonyl (C=O) groups is 2. The molecule has 4 heteroatoms. The number of rotatable bonds is 6. The lowest BCUT2D eigenvalue weighted by Gasteiger charge is -2.11. The average Bonchev–Trinajstić information content (AvgIpc) is 2.62. The summed E-state index contributed by atoms with van der Waals surface area (Å²) >= 11 is 0. The summed E-state index contributed by atoms with van der Waals surface area (Å²) < 4.78 is 0. The van der Waals surface area contributed by atoms with Crippen molar-refractivity contribution in [2.75, 3.05) is 5.32 Å². The molecule has 0 aliphatic rings. The van der Waals surface area contributed by atoms with Crippen LogP contribution in [0.4, 0.5) is 5.69 Å². The van der Waals surface area contributed by atoms with Gasteiger partial charge >= 0.3 is 0 Å². The molecule has 0 amide bonds. The van der Waals surface area contributed by atoms with Gasteiger partial charge in [-0.2, -0.15) is 0 Å². The average molecular weight is 326 g/mol. The largest absolute Gasteiger partial charge is 0.346 e.